The third-order valence-electron chi connectivity index (χ3n) is 5.88. The van der Waals surface area contributed by atoms with Gasteiger partial charge in [0, 0.05) is 30.2 Å². The lowest BCUT2D eigenvalue weighted by Gasteiger charge is -2.39. The highest BCUT2D eigenvalue weighted by Crippen LogP contribution is 2.35. The SMILES string of the molecule is CC1(CC(=O)Nc2ccc(F)cc2)CCN(Cc2cnc3ccc(F)cc3c2)CC1. The summed E-state index contributed by atoms with van der Waals surface area (Å²) in [4.78, 5) is 19.2. The predicted molar refractivity (Wildman–Crippen MR) is 114 cm³/mol. The Labute approximate surface area is 174 Å². The molecule has 0 radical (unpaired) electrons. The quantitative estimate of drug-likeness (QED) is 0.634. The molecule has 1 aliphatic rings. The molecule has 2 heterocycles. The molecule has 0 bridgehead atoms. The summed E-state index contributed by atoms with van der Waals surface area (Å²) in [5, 5.41) is 3.67. The van der Waals surface area contributed by atoms with Gasteiger partial charge in [-0.2, -0.15) is 0 Å². The van der Waals surface area contributed by atoms with E-state index in [1.165, 1.54) is 24.3 Å². The molecule has 0 saturated carbocycles. The number of amides is 1. The van der Waals surface area contributed by atoms with Crippen LogP contribution in [-0.2, 0) is 11.3 Å². The largest absolute Gasteiger partial charge is 0.326 e. The fourth-order valence-corrected chi connectivity index (χ4v) is 4.05. The average molecular weight is 409 g/mol. The first-order valence-electron chi connectivity index (χ1n) is 10.2. The number of anilines is 1. The molecule has 30 heavy (non-hydrogen) atoms. The van der Waals surface area contributed by atoms with Crippen LogP contribution < -0.4 is 5.32 Å². The van der Waals surface area contributed by atoms with Crippen LogP contribution in [0, 0.1) is 17.0 Å². The van der Waals surface area contributed by atoms with Gasteiger partial charge >= 0.3 is 0 Å². The van der Waals surface area contributed by atoms with E-state index < -0.39 is 0 Å². The van der Waals surface area contributed by atoms with Crippen molar-refractivity contribution in [3.8, 4) is 0 Å². The summed E-state index contributed by atoms with van der Waals surface area (Å²) in [5.74, 6) is -0.619. The number of nitrogens with one attached hydrogen (secondary N) is 1. The molecule has 1 saturated heterocycles. The maximum atomic E-state index is 13.5. The molecule has 4 nitrogen and oxygen atoms in total. The van der Waals surface area contributed by atoms with Crippen LogP contribution >= 0.6 is 0 Å². The molecule has 1 N–H and O–H groups in total. The first-order valence-corrected chi connectivity index (χ1v) is 10.2. The Morgan fingerprint density at radius 2 is 1.77 bits per heavy atom. The van der Waals surface area contributed by atoms with Gasteiger partial charge in [-0.15, -0.1) is 0 Å². The van der Waals surface area contributed by atoms with E-state index in [0.29, 0.717) is 12.1 Å². The van der Waals surface area contributed by atoms with E-state index in [2.05, 4.69) is 22.1 Å². The van der Waals surface area contributed by atoms with Crippen LogP contribution in [0.2, 0.25) is 0 Å². The summed E-state index contributed by atoms with van der Waals surface area (Å²) in [5.41, 5.74) is 2.40. The van der Waals surface area contributed by atoms with Gasteiger partial charge in [0.25, 0.3) is 0 Å². The Bertz CT molecular complexity index is 1040. The third kappa shape index (κ3) is 5.00. The van der Waals surface area contributed by atoms with Crippen molar-refractivity contribution in [1.82, 2.24) is 9.88 Å². The monoisotopic (exact) mass is 409 g/mol. The number of fused-ring (bicyclic) bond motifs is 1. The van der Waals surface area contributed by atoms with Crippen LogP contribution in [0.3, 0.4) is 0 Å². The maximum Gasteiger partial charge on any atom is 0.224 e. The van der Waals surface area contributed by atoms with E-state index in [1.807, 2.05) is 12.3 Å². The van der Waals surface area contributed by atoms with Gasteiger partial charge in [0.15, 0.2) is 0 Å². The Hall–Kier alpha value is -2.86. The van der Waals surface area contributed by atoms with Gasteiger partial charge in [0.05, 0.1) is 5.52 Å². The number of halogens is 2. The molecular weight excluding hydrogens is 384 g/mol. The normalized spacial score (nSPS) is 16.5. The van der Waals surface area contributed by atoms with Crippen molar-refractivity contribution in [1.29, 1.82) is 0 Å². The van der Waals surface area contributed by atoms with Crippen molar-refractivity contribution < 1.29 is 13.6 Å². The molecule has 1 aliphatic heterocycles. The van der Waals surface area contributed by atoms with E-state index in [4.69, 9.17) is 0 Å². The van der Waals surface area contributed by atoms with E-state index in [9.17, 15) is 13.6 Å². The number of piperidine rings is 1. The number of likely N-dealkylation sites (tertiary alicyclic amines) is 1. The smallest absolute Gasteiger partial charge is 0.224 e. The van der Waals surface area contributed by atoms with Crippen molar-refractivity contribution in [2.45, 2.75) is 32.7 Å². The number of carbonyl (C=O) groups excluding carboxylic acids is 1. The van der Waals surface area contributed by atoms with Gasteiger partial charge < -0.3 is 5.32 Å². The zero-order valence-corrected chi connectivity index (χ0v) is 17.0. The predicted octanol–water partition coefficient (Wildman–Crippen LogP) is 5.14. The van der Waals surface area contributed by atoms with Gasteiger partial charge in [-0.25, -0.2) is 8.78 Å². The maximum absolute atomic E-state index is 13.5. The summed E-state index contributed by atoms with van der Waals surface area (Å²) in [6.07, 6.45) is 4.12. The van der Waals surface area contributed by atoms with Gasteiger partial charge in [0.1, 0.15) is 11.6 Å². The summed E-state index contributed by atoms with van der Waals surface area (Å²) in [7, 11) is 0. The van der Waals surface area contributed by atoms with E-state index in [-0.39, 0.29) is 23.0 Å². The Morgan fingerprint density at radius 1 is 1.07 bits per heavy atom. The highest BCUT2D eigenvalue weighted by atomic mass is 19.1. The van der Waals surface area contributed by atoms with Gasteiger partial charge in [0.2, 0.25) is 5.91 Å². The average Bonchev–Trinajstić information content (AvgIpc) is 2.71. The van der Waals surface area contributed by atoms with Crippen molar-refractivity contribution >= 4 is 22.5 Å². The molecule has 0 unspecified atom stereocenters. The van der Waals surface area contributed by atoms with Gasteiger partial charge in [-0.3, -0.25) is 14.7 Å². The second kappa shape index (κ2) is 8.48. The fraction of sp³-hybridized carbons (Fsp3) is 0.333. The Morgan fingerprint density at radius 3 is 2.50 bits per heavy atom. The molecule has 2 aromatic carbocycles. The number of nitrogens with zero attached hydrogens (tertiary/aromatic N) is 2. The lowest BCUT2D eigenvalue weighted by Crippen LogP contribution is -2.40. The highest BCUT2D eigenvalue weighted by Gasteiger charge is 2.32. The zero-order chi connectivity index (χ0) is 21.1. The third-order valence-corrected chi connectivity index (χ3v) is 5.88. The number of hydrogen-bond donors (Lipinski definition) is 1. The van der Waals surface area contributed by atoms with Crippen LogP contribution in [0.15, 0.2) is 54.7 Å². The van der Waals surface area contributed by atoms with Gasteiger partial charge in [-0.1, -0.05) is 6.92 Å². The Kier molecular flexibility index (Phi) is 5.77. The number of hydrogen-bond acceptors (Lipinski definition) is 3. The van der Waals surface area contributed by atoms with E-state index >= 15 is 0 Å². The minimum atomic E-state index is -0.320. The van der Waals surface area contributed by atoms with Crippen molar-refractivity contribution in [2.24, 2.45) is 5.41 Å². The summed E-state index contributed by atoms with van der Waals surface area (Å²) in [6.45, 7) is 4.69. The molecule has 3 aromatic rings. The minimum Gasteiger partial charge on any atom is -0.326 e. The molecule has 6 heteroatoms. The zero-order valence-electron chi connectivity index (χ0n) is 17.0. The van der Waals surface area contributed by atoms with Crippen molar-refractivity contribution in [3.63, 3.8) is 0 Å². The minimum absolute atomic E-state index is 0.0432. The van der Waals surface area contributed by atoms with Crippen LogP contribution in [0.25, 0.3) is 10.9 Å². The van der Waals surface area contributed by atoms with Gasteiger partial charge in [-0.05, 0) is 85.4 Å². The molecule has 0 atom stereocenters. The fourth-order valence-electron chi connectivity index (χ4n) is 4.05. The molecule has 1 amide bonds. The first-order chi connectivity index (χ1) is 14.4. The number of pyridine rings is 1. The summed E-state index contributed by atoms with van der Waals surface area (Å²) >= 11 is 0. The number of aromatic nitrogens is 1. The second-order valence-corrected chi connectivity index (χ2v) is 8.50. The summed E-state index contributed by atoms with van der Waals surface area (Å²) < 4.78 is 26.5. The highest BCUT2D eigenvalue weighted by molar-refractivity contribution is 5.91. The lowest BCUT2D eigenvalue weighted by molar-refractivity contribution is -0.119. The molecular formula is C24H25F2N3O. The Balaban J connectivity index is 1.31. The molecule has 0 spiro atoms. The topological polar surface area (TPSA) is 45.2 Å². The van der Waals surface area contributed by atoms with Crippen LogP contribution in [0.4, 0.5) is 14.5 Å². The summed E-state index contributed by atoms with van der Waals surface area (Å²) in [6, 6.07) is 12.4. The number of rotatable bonds is 5. The molecule has 4 rings (SSSR count). The second-order valence-electron chi connectivity index (χ2n) is 8.50. The first kappa shape index (κ1) is 20.4. The van der Waals surface area contributed by atoms with Crippen LogP contribution in [-0.4, -0.2) is 28.9 Å². The molecule has 1 fully saturated rings. The molecule has 1 aromatic heterocycles. The molecule has 156 valence electrons. The van der Waals surface area contributed by atoms with Crippen molar-refractivity contribution in [3.05, 3.63) is 71.9 Å². The van der Waals surface area contributed by atoms with Crippen molar-refractivity contribution in [2.75, 3.05) is 18.4 Å². The standard InChI is InChI=1S/C24H25F2N3O/c1-24(14-23(30)28-21-5-2-19(25)3-6-21)8-10-29(11-9-24)16-17-12-18-13-20(26)4-7-22(18)27-15-17/h2-7,12-13,15H,8-11,14,16H2,1H3,(H,28,30). The van der Waals surface area contributed by atoms with E-state index in [1.54, 1.807) is 18.2 Å². The lowest BCUT2D eigenvalue weighted by atomic mass is 9.77. The van der Waals surface area contributed by atoms with Crippen LogP contribution in [0.5, 0.6) is 0 Å². The number of benzene rings is 2. The van der Waals surface area contributed by atoms with Crippen LogP contribution in [0.1, 0.15) is 31.7 Å². The number of carbonyl (C=O) groups is 1. The molecule has 0 aliphatic carbocycles. The van der Waals surface area contributed by atoms with E-state index in [0.717, 1.165) is 48.9 Å².